The number of alkyl halides is 2. The summed E-state index contributed by atoms with van der Waals surface area (Å²) < 4.78 is 24.0. The van der Waals surface area contributed by atoms with E-state index in [0.29, 0.717) is 6.42 Å². The van der Waals surface area contributed by atoms with Crippen LogP contribution in [-0.4, -0.2) is 41.9 Å². The van der Waals surface area contributed by atoms with Crippen LogP contribution in [0.25, 0.3) is 0 Å². The van der Waals surface area contributed by atoms with E-state index in [0.717, 1.165) is 4.90 Å². The smallest absolute Gasteiger partial charge is 0.255 e. The summed E-state index contributed by atoms with van der Waals surface area (Å²) in [5.41, 5.74) is 5.26. The summed E-state index contributed by atoms with van der Waals surface area (Å²) in [7, 11) is 1.25. The minimum atomic E-state index is -2.59. The Labute approximate surface area is 86.5 Å². The molecule has 15 heavy (non-hydrogen) atoms. The van der Waals surface area contributed by atoms with Gasteiger partial charge in [0.15, 0.2) is 5.84 Å². The van der Waals surface area contributed by atoms with Crippen LogP contribution in [0.15, 0.2) is 5.16 Å². The van der Waals surface area contributed by atoms with Gasteiger partial charge in [-0.05, 0) is 6.42 Å². The number of nitrogens with two attached hydrogens (primary N) is 1. The standard InChI is InChI=1S/C8H15F2N3O2/c1-3-5(7(11)12-15)8(14)13(2)4-6(9)10/h5-6,15H,3-4H2,1-2H3,(H2,11,12). The summed E-state index contributed by atoms with van der Waals surface area (Å²) >= 11 is 0. The van der Waals surface area contributed by atoms with Crippen molar-refractivity contribution in [3.63, 3.8) is 0 Å². The van der Waals surface area contributed by atoms with Gasteiger partial charge < -0.3 is 15.8 Å². The monoisotopic (exact) mass is 223 g/mol. The van der Waals surface area contributed by atoms with Gasteiger partial charge in [-0.3, -0.25) is 4.79 Å². The average Bonchev–Trinajstić information content (AvgIpc) is 2.17. The van der Waals surface area contributed by atoms with Crippen LogP contribution in [0.3, 0.4) is 0 Å². The number of carbonyl (C=O) groups excluding carboxylic acids is 1. The molecule has 0 aromatic heterocycles. The molecule has 0 aromatic carbocycles. The van der Waals surface area contributed by atoms with Crippen LogP contribution < -0.4 is 5.73 Å². The number of nitrogens with zero attached hydrogens (tertiary/aromatic N) is 2. The molecule has 0 fully saturated rings. The normalized spacial score (nSPS) is 14.1. The molecule has 0 rings (SSSR count). The molecule has 3 N–H and O–H groups in total. The Balaban J connectivity index is 4.52. The quantitative estimate of drug-likeness (QED) is 0.308. The lowest BCUT2D eigenvalue weighted by Gasteiger charge is -2.21. The van der Waals surface area contributed by atoms with Gasteiger partial charge in [0.25, 0.3) is 6.43 Å². The van der Waals surface area contributed by atoms with Crippen LogP contribution in [0.1, 0.15) is 13.3 Å². The molecule has 0 saturated heterocycles. The summed E-state index contributed by atoms with van der Waals surface area (Å²) in [4.78, 5) is 12.4. The molecule has 0 aliphatic carbocycles. The van der Waals surface area contributed by atoms with Crippen molar-refractivity contribution in [1.82, 2.24) is 4.90 Å². The summed E-state index contributed by atoms with van der Waals surface area (Å²) in [5, 5.41) is 11.1. The molecule has 0 heterocycles. The lowest BCUT2D eigenvalue weighted by atomic mass is 10.0. The number of amidine groups is 1. The van der Waals surface area contributed by atoms with Gasteiger partial charge in [-0.15, -0.1) is 0 Å². The molecule has 7 heteroatoms. The number of oxime groups is 1. The first kappa shape index (κ1) is 13.6. The van der Waals surface area contributed by atoms with Crippen molar-refractivity contribution in [3.05, 3.63) is 0 Å². The van der Waals surface area contributed by atoms with Crippen LogP contribution in [0.2, 0.25) is 0 Å². The van der Waals surface area contributed by atoms with Crippen LogP contribution >= 0.6 is 0 Å². The third-order valence-corrected chi connectivity index (χ3v) is 1.97. The van der Waals surface area contributed by atoms with Crippen LogP contribution in [0, 0.1) is 5.92 Å². The van der Waals surface area contributed by atoms with E-state index >= 15 is 0 Å². The number of carbonyl (C=O) groups is 1. The number of halogens is 2. The van der Waals surface area contributed by atoms with Gasteiger partial charge in [0, 0.05) is 7.05 Å². The Hall–Kier alpha value is -1.40. The molecule has 0 spiro atoms. The van der Waals surface area contributed by atoms with Gasteiger partial charge in [0.2, 0.25) is 5.91 Å². The van der Waals surface area contributed by atoms with E-state index in [1.54, 1.807) is 6.92 Å². The van der Waals surface area contributed by atoms with E-state index in [1.165, 1.54) is 7.05 Å². The Morgan fingerprint density at radius 2 is 2.13 bits per heavy atom. The third-order valence-electron chi connectivity index (χ3n) is 1.97. The van der Waals surface area contributed by atoms with Gasteiger partial charge in [-0.2, -0.15) is 0 Å². The zero-order valence-electron chi connectivity index (χ0n) is 8.65. The maximum Gasteiger partial charge on any atom is 0.255 e. The second kappa shape index (κ2) is 6.15. The first-order valence-electron chi connectivity index (χ1n) is 4.44. The average molecular weight is 223 g/mol. The minimum absolute atomic E-state index is 0.261. The van der Waals surface area contributed by atoms with Gasteiger partial charge >= 0.3 is 0 Å². The maximum atomic E-state index is 12.0. The van der Waals surface area contributed by atoms with E-state index in [-0.39, 0.29) is 5.84 Å². The summed E-state index contributed by atoms with van der Waals surface area (Å²) in [6.45, 7) is 0.991. The molecule has 1 amide bonds. The van der Waals surface area contributed by atoms with E-state index in [1.807, 2.05) is 0 Å². The van der Waals surface area contributed by atoms with Crippen molar-refractivity contribution in [2.24, 2.45) is 16.8 Å². The Bertz CT molecular complexity index is 246. The highest BCUT2D eigenvalue weighted by atomic mass is 19.3. The summed E-state index contributed by atoms with van der Waals surface area (Å²) in [5.74, 6) is -1.68. The maximum absolute atomic E-state index is 12.0. The number of hydrogen-bond acceptors (Lipinski definition) is 3. The lowest BCUT2D eigenvalue weighted by Crippen LogP contribution is -2.41. The van der Waals surface area contributed by atoms with E-state index in [2.05, 4.69) is 5.16 Å². The Kier molecular flexibility index (Phi) is 5.58. The van der Waals surface area contributed by atoms with Crippen LogP contribution in [-0.2, 0) is 4.79 Å². The first-order valence-corrected chi connectivity index (χ1v) is 4.44. The van der Waals surface area contributed by atoms with Crippen LogP contribution in [0.4, 0.5) is 8.78 Å². The molecule has 1 atom stereocenters. The number of amides is 1. The van der Waals surface area contributed by atoms with Crippen molar-refractivity contribution in [1.29, 1.82) is 0 Å². The van der Waals surface area contributed by atoms with E-state index in [9.17, 15) is 13.6 Å². The van der Waals surface area contributed by atoms with Crippen molar-refractivity contribution >= 4 is 11.7 Å². The third kappa shape index (κ3) is 4.09. The first-order chi connectivity index (χ1) is 6.93. The Morgan fingerprint density at radius 1 is 1.60 bits per heavy atom. The predicted octanol–water partition coefficient (Wildman–Crippen LogP) is 0.483. The highest BCUT2D eigenvalue weighted by Crippen LogP contribution is 2.08. The van der Waals surface area contributed by atoms with E-state index in [4.69, 9.17) is 10.9 Å². The molecule has 0 aliphatic rings. The lowest BCUT2D eigenvalue weighted by molar-refractivity contribution is -0.133. The summed E-state index contributed by atoms with van der Waals surface area (Å²) in [6.07, 6.45) is -2.30. The molecular formula is C8H15F2N3O2. The van der Waals surface area contributed by atoms with Gasteiger partial charge in [-0.1, -0.05) is 12.1 Å². The van der Waals surface area contributed by atoms with Crippen molar-refractivity contribution in [3.8, 4) is 0 Å². The largest absolute Gasteiger partial charge is 0.409 e. The van der Waals surface area contributed by atoms with Crippen molar-refractivity contribution in [2.75, 3.05) is 13.6 Å². The zero-order valence-corrected chi connectivity index (χ0v) is 8.65. The van der Waals surface area contributed by atoms with E-state index < -0.39 is 24.8 Å². The SMILES string of the molecule is CCC(C(=O)N(C)CC(F)F)C(N)=NO. The topological polar surface area (TPSA) is 78.9 Å². The van der Waals surface area contributed by atoms with Gasteiger partial charge in [-0.25, -0.2) is 8.78 Å². The van der Waals surface area contributed by atoms with Crippen LogP contribution in [0.5, 0.6) is 0 Å². The predicted molar refractivity (Wildman–Crippen MR) is 50.8 cm³/mol. The van der Waals surface area contributed by atoms with Crippen molar-refractivity contribution < 1.29 is 18.8 Å². The zero-order chi connectivity index (χ0) is 12.0. The highest BCUT2D eigenvalue weighted by molar-refractivity contribution is 6.01. The molecule has 0 aromatic rings. The van der Waals surface area contributed by atoms with Gasteiger partial charge in [0.05, 0.1) is 12.5 Å². The van der Waals surface area contributed by atoms with Crippen molar-refractivity contribution in [2.45, 2.75) is 19.8 Å². The second-order valence-corrected chi connectivity index (χ2v) is 3.10. The molecule has 0 bridgehead atoms. The highest BCUT2D eigenvalue weighted by Gasteiger charge is 2.25. The molecular weight excluding hydrogens is 208 g/mol. The molecule has 0 saturated carbocycles. The Morgan fingerprint density at radius 3 is 2.47 bits per heavy atom. The van der Waals surface area contributed by atoms with Gasteiger partial charge in [0.1, 0.15) is 0 Å². The second-order valence-electron chi connectivity index (χ2n) is 3.10. The fraction of sp³-hybridized carbons (Fsp3) is 0.750. The molecule has 0 radical (unpaired) electrons. The fourth-order valence-electron chi connectivity index (χ4n) is 1.14. The summed E-state index contributed by atoms with van der Waals surface area (Å²) in [6, 6.07) is 0. The molecule has 1 unspecified atom stereocenters. The number of hydrogen-bond donors (Lipinski definition) is 2. The molecule has 88 valence electrons. The fourth-order valence-corrected chi connectivity index (χ4v) is 1.14. The molecule has 0 aliphatic heterocycles. The molecule has 5 nitrogen and oxygen atoms in total. The minimum Gasteiger partial charge on any atom is -0.409 e. The number of rotatable bonds is 5.